The summed E-state index contributed by atoms with van der Waals surface area (Å²) < 4.78 is 66.4. The summed E-state index contributed by atoms with van der Waals surface area (Å²) in [5.41, 5.74) is -4.46. The van der Waals surface area contributed by atoms with Gasteiger partial charge in [-0.1, -0.05) is 6.07 Å². The highest BCUT2D eigenvalue weighted by molar-refractivity contribution is 7.90. The minimum absolute atomic E-state index is 0.188. The number of piperidine rings is 1. The Morgan fingerprint density at radius 1 is 1.41 bits per heavy atom. The summed E-state index contributed by atoms with van der Waals surface area (Å²) in [6, 6.07) is 3.42. The number of hydrogen-bond acceptors (Lipinski definition) is 5. The van der Waals surface area contributed by atoms with Crippen molar-refractivity contribution in [2.45, 2.75) is 30.9 Å². The molecule has 0 atom stereocenters. The molecular formula is C15H22F3N5O3S. The van der Waals surface area contributed by atoms with E-state index in [0.717, 1.165) is 5.56 Å². The first kappa shape index (κ1) is 21.2. The van der Waals surface area contributed by atoms with E-state index in [1.165, 1.54) is 7.11 Å². The van der Waals surface area contributed by atoms with E-state index in [-0.39, 0.29) is 32.0 Å². The van der Waals surface area contributed by atoms with Gasteiger partial charge in [-0.05, 0) is 18.9 Å². The highest BCUT2D eigenvalue weighted by atomic mass is 32.2. The maximum absolute atomic E-state index is 12.6. The molecule has 27 heavy (non-hydrogen) atoms. The SMILES string of the molecule is CN=C(NCc1cccnc1OC)NC1CCN(S(=O)(=O)C(F)(F)F)CC1. The third-order valence-corrected chi connectivity index (χ3v) is 5.77. The summed E-state index contributed by atoms with van der Waals surface area (Å²) >= 11 is 0. The van der Waals surface area contributed by atoms with Gasteiger partial charge in [0.05, 0.1) is 7.11 Å². The van der Waals surface area contributed by atoms with E-state index in [9.17, 15) is 21.6 Å². The number of aliphatic imine (C=N–C) groups is 1. The number of nitrogens with one attached hydrogen (secondary N) is 2. The summed E-state index contributed by atoms with van der Waals surface area (Å²) in [7, 11) is -2.19. The maximum Gasteiger partial charge on any atom is 0.511 e. The van der Waals surface area contributed by atoms with Crippen molar-refractivity contribution in [3.63, 3.8) is 0 Å². The van der Waals surface area contributed by atoms with Crippen LogP contribution in [0, 0.1) is 0 Å². The molecule has 1 aliphatic rings. The lowest BCUT2D eigenvalue weighted by Gasteiger charge is -2.32. The van der Waals surface area contributed by atoms with Gasteiger partial charge in [0, 0.05) is 44.5 Å². The Morgan fingerprint density at radius 3 is 2.63 bits per heavy atom. The number of ether oxygens (including phenoxy) is 1. The van der Waals surface area contributed by atoms with Crippen LogP contribution < -0.4 is 15.4 Å². The van der Waals surface area contributed by atoms with Crippen LogP contribution in [0.25, 0.3) is 0 Å². The minimum atomic E-state index is -5.27. The van der Waals surface area contributed by atoms with Crippen molar-refractivity contribution in [1.29, 1.82) is 0 Å². The smallest absolute Gasteiger partial charge is 0.481 e. The molecular weight excluding hydrogens is 387 g/mol. The van der Waals surface area contributed by atoms with Gasteiger partial charge in [-0.3, -0.25) is 4.99 Å². The quantitative estimate of drug-likeness (QED) is 0.558. The van der Waals surface area contributed by atoms with Crippen LogP contribution in [-0.2, 0) is 16.6 Å². The first-order valence-corrected chi connectivity index (χ1v) is 9.64. The molecule has 0 bridgehead atoms. The standard InChI is InChI=1S/C15H22F3N5O3S/c1-19-14(21-10-11-4-3-7-20-13(11)26-2)22-12-5-8-23(9-6-12)27(24,25)15(16,17)18/h3-4,7,12H,5-6,8-10H2,1-2H3,(H2,19,21,22). The van der Waals surface area contributed by atoms with Crippen LogP contribution in [0.1, 0.15) is 18.4 Å². The molecule has 0 spiro atoms. The Kier molecular flexibility index (Phi) is 6.87. The summed E-state index contributed by atoms with van der Waals surface area (Å²) in [5, 5.41) is 6.18. The second kappa shape index (κ2) is 8.74. The zero-order valence-corrected chi connectivity index (χ0v) is 15.8. The molecule has 2 rings (SSSR count). The van der Waals surface area contributed by atoms with Gasteiger partial charge < -0.3 is 15.4 Å². The first-order chi connectivity index (χ1) is 12.7. The Bertz CT molecular complexity index is 762. The zero-order valence-electron chi connectivity index (χ0n) is 15.0. The highest BCUT2D eigenvalue weighted by Gasteiger charge is 2.50. The van der Waals surface area contributed by atoms with Crippen molar-refractivity contribution < 1.29 is 26.3 Å². The van der Waals surface area contributed by atoms with Crippen molar-refractivity contribution >= 4 is 16.0 Å². The van der Waals surface area contributed by atoms with E-state index in [1.54, 1.807) is 19.3 Å². The molecule has 1 aromatic heterocycles. The van der Waals surface area contributed by atoms with Crippen molar-refractivity contribution in [2.24, 2.45) is 4.99 Å². The number of nitrogens with zero attached hydrogens (tertiary/aromatic N) is 3. The van der Waals surface area contributed by atoms with E-state index in [0.29, 0.717) is 22.7 Å². The average molecular weight is 409 g/mol. The number of sulfonamides is 1. The van der Waals surface area contributed by atoms with Crippen LogP contribution in [-0.4, -0.2) is 62.5 Å². The van der Waals surface area contributed by atoms with Crippen molar-refractivity contribution in [1.82, 2.24) is 19.9 Å². The second-order valence-corrected chi connectivity index (χ2v) is 7.80. The molecule has 0 radical (unpaired) electrons. The summed E-state index contributed by atoms with van der Waals surface area (Å²) in [6.07, 6.45) is 2.09. The zero-order chi connectivity index (χ0) is 20.1. The average Bonchev–Trinajstić information content (AvgIpc) is 2.64. The largest absolute Gasteiger partial charge is 0.511 e. The lowest BCUT2D eigenvalue weighted by molar-refractivity contribution is -0.0494. The van der Waals surface area contributed by atoms with Crippen LogP contribution in [0.2, 0.25) is 0 Å². The number of pyridine rings is 1. The minimum Gasteiger partial charge on any atom is -0.481 e. The molecule has 152 valence electrons. The Hall–Kier alpha value is -2.08. The molecule has 0 amide bonds. The van der Waals surface area contributed by atoms with Gasteiger partial charge in [-0.15, -0.1) is 0 Å². The number of aromatic nitrogens is 1. The van der Waals surface area contributed by atoms with E-state index in [2.05, 4.69) is 20.6 Å². The van der Waals surface area contributed by atoms with Gasteiger partial charge in [0.2, 0.25) is 5.88 Å². The molecule has 2 heterocycles. The fourth-order valence-electron chi connectivity index (χ4n) is 2.70. The molecule has 1 saturated heterocycles. The summed E-state index contributed by atoms with van der Waals surface area (Å²) in [5.74, 6) is 0.934. The number of alkyl halides is 3. The van der Waals surface area contributed by atoms with E-state index < -0.39 is 15.5 Å². The molecule has 0 aromatic carbocycles. The van der Waals surface area contributed by atoms with E-state index in [4.69, 9.17) is 4.74 Å². The number of guanidine groups is 1. The van der Waals surface area contributed by atoms with Gasteiger partial charge in [-0.25, -0.2) is 13.4 Å². The molecule has 1 aliphatic heterocycles. The molecule has 12 heteroatoms. The van der Waals surface area contributed by atoms with Crippen molar-refractivity contribution in [3.8, 4) is 5.88 Å². The fourth-order valence-corrected chi connectivity index (χ4v) is 3.68. The van der Waals surface area contributed by atoms with Crippen molar-refractivity contribution in [3.05, 3.63) is 23.9 Å². The van der Waals surface area contributed by atoms with Crippen LogP contribution in [0.5, 0.6) is 5.88 Å². The third kappa shape index (κ3) is 5.22. The van der Waals surface area contributed by atoms with Crippen LogP contribution in [0.3, 0.4) is 0 Å². The third-order valence-electron chi connectivity index (χ3n) is 4.14. The lowest BCUT2D eigenvalue weighted by atomic mass is 10.1. The molecule has 8 nitrogen and oxygen atoms in total. The maximum atomic E-state index is 12.6. The first-order valence-electron chi connectivity index (χ1n) is 8.20. The Balaban J connectivity index is 1.88. The topological polar surface area (TPSA) is 95.9 Å². The number of halogens is 3. The Morgan fingerprint density at radius 2 is 2.07 bits per heavy atom. The molecule has 0 aliphatic carbocycles. The normalized spacial score (nSPS) is 17.6. The van der Waals surface area contributed by atoms with Gasteiger partial charge in [0.25, 0.3) is 0 Å². The number of methoxy groups -OCH3 is 1. The van der Waals surface area contributed by atoms with Crippen molar-refractivity contribution in [2.75, 3.05) is 27.2 Å². The van der Waals surface area contributed by atoms with Crippen LogP contribution in [0.4, 0.5) is 13.2 Å². The Labute approximate surface area is 155 Å². The second-order valence-electron chi connectivity index (χ2n) is 5.87. The lowest BCUT2D eigenvalue weighted by Crippen LogP contribution is -2.51. The van der Waals surface area contributed by atoms with Gasteiger partial charge in [-0.2, -0.15) is 17.5 Å². The van der Waals surface area contributed by atoms with Gasteiger partial charge in [0.1, 0.15) is 0 Å². The molecule has 1 fully saturated rings. The molecule has 0 saturated carbocycles. The van der Waals surface area contributed by atoms with Crippen LogP contribution >= 0.6 is 0 Å². The predicted molar refractivity (Wildman–Crippen MR) is 93.7 cm³/mol. The number of rotatable bonds is 5. The highest BCUT2D eigenvalue weighted by Crippen LogP contribution is 2.28. The summed E-state index contributed by atoms with van der Waals surface area (Å²) in [6.45, 7) is -0.0160. The van der Waals surface area contributed by atoms with Gasteiger partial charge >= 0.3 is 15.5 Å². The fraction of sp³-hybridized carbons (Fsp3) is 0.600. The predicted octanol–water partition coefficient (Wildman–Crippen LogP) is 1.07. The molecule has 1 aromatic rings. The molecule has 2 N–H and O–H groups in total. The number of hydrogen-bond donors (Lipinski definition) is 2. The monoisotopic (exact) mass is 409 g/mol. The van der Waals surface area contributed by atoms with E-state index >= 15 is 0 Å². The van der Waals surface area contributed by atoms with E-state index in [1.807, 2.05) is 6.07 Å². The van der Waals surface area contributed by atoms with Crippen LogP contribution in [0.15, 0.2) is 23.3 Å². The van der Waals surface area contributed by atoms with Gasteiger partial charge in [0.15, 0.2) is 5.96 Å². The summed E-state index contributed by atoms with van der Waals surface area (Å²) in [4.78, 5) is 8.17. The molecule has 0 unspecified atom stereocenters.